The maximum atomic E-state index is 11.6. The molecule has 2 rings (SSSR count). The van der Waals surface area contributed by atoms with Crippen LogP contribution in [0.1, 0.15) is 23.7 Å². The molecule has 7 heteroatoms. The zero-order chi connectivity index (χ0) is 17.2. The number of nitrogens with zero attached hydrogens (tertiary/aromatic N) is 2. The van der Waals surface area contributed by atoms with Crippen LogP contribution in [0.25, 0.3) is 0 Å². The molecule has 0 aliphatic heterocycles. The molecule has 0 saturated carbocycles. The molecule has 24 heavy (non-hydrogen) atoms. The highest BCUT2D eigenvalue weighted by molar-refractivity contribution is 5.89. The van der Waals surface area contributed by atoms with Crippen LogP contribution in [-0.4, -0.2) is 42.8 Å². The highest BCUT2D eigenvalue weighted by Gasteiger charge is 2.06. The highest BCUT2D eigenvalue weighted by atomic mass is 16.5. The molecule has 0 spiro atoms. The fraction of sp³-hybridized carbons (Fsp3) is 0.353. The average molecular weight is 330 g/mol. The Labute approximate surface area is 141 Å². The summed E-state index contributed by atoms with van der Waals surface area (Å²) in [6, 6.07) is 8.86. The van der Waals surface area contributed by atoms with Crippen molar-refractivity contribution in [2.75, 3.05) is 37.5 Å². The lowest BCUT2D eigenvalue weighted by atomic mass is 10.2. The van der Waals surface area contributed by atoms with E-state index in [2.05, 4.69) is 20.6 Å². The first kappa shape index (κ1) is 17.7. The van der Waals surface area contributed by atoms with E-state index in [4.69, 9.17) is 9.47 Å². The number of methoxy groups -OCH3 is 1. The Morgan fingerprint density at radius 2 is 1.92 bits per heavy atom. The molecule has 0 saturated heterocycles. The standard InChI is InChI=1S/C17H22N4O3/c1-3-24-17(22)13-5-7-14(8-6-13)21-16-11-15(19-12-20-16)18-9-4-10-23-2/h5-8,11-12H,3-4,9-10H2,1-2H3,(H2,18,19,20,21). The van der Waals surface area contributed by atoms with Crippen molar-refractivity contribution in [3.8, 4) is 0 Å². The zero-order valence-corrected chi connectivity index (χ0v) is 13.9. The van der Waals surface area contributed by atoms with Crippen molar-refractivity contribution in [2.24, 2.45) is 0 Å². The van der Waals surface area contributed by atoms with Gasteiger partial charge in [-0.05, 0) is 37.6 Å². The second kappa shape index (κ2) is 9.46. The molecule has 0 bridgehead atoms. The fourth-order valence-electron chi connectivity index (χ4n) is 2.01. The average Bonchev–Trinajstić information content (AvgIpc) is 2.60. The number of carbonyl (C=O) groups is 1. The van der Waals surface area contributed by atoms with Crippen molar-refractivity contribution < 1.29 is 14.3 Å². The van der Waals surface area contributed by atoms with Gasteiger partial charge in [-0.25, -0.2) is 14.8 Å². The Bertz CT molecular complexity index is 647. The number of carbonyl (C=O) groups excluding carboxylic acids is 1. The third-order valence-corrected chi connectivity index (χ3v) is 3.17. The molecule has 128 valence electrons. The quantitative estimate of drug-likeness (QED) is 0.540. The molecule has 0 amide bonds. The maximum Gasteiger partial charge on any atom is 0.338 e. The van der Waals surface area contributed by atoms with Gasteiger partial charge in [-0.15, -0.1) is 0 Å². The molecule has 0 unspecified atom stereocenters. The van der Waals surface area contributed by atoms with Crippen LogP contribution in [0.2, 0.25) is 0 Å². The summed E-state index contributed by atoms with van der Waals surface area (Å²) >= 11 is 0. The lowest BCUT2D eigenvalue weighted by Crippen LogP contribution is -2.07. The molecular weight excluding hydrogens is 308 g/mol. The van der Waals surface area contributed by atoms with Gasteiger partial charge < -0.3 is 20.1 Å². The van der Waals surface area contributed by atoms with Gasteiger partial charge in [0.15, 0.2) is 0 Å². The van der Waals surface area contributed by atoms with E-state index in [1.807, 2.05) is 6.07 Å². The first-order valence-corrected chi connectivity index (χ1v) is 7.82. The summed E-state index contributed by atoms with van der Waals surface area (Å²) in [6.07, 6.45) is 2.40. The molecule has 2 aromatic rings. The lowest BCUT2D eigenvalue weighted by Gasteiger charge is -2.09. The summed E-state index contributed by atoms with van der Waals surface area (Å²) in [4.78, 5) is 20.0. The number of benzene rings is 1. The number of anilines is 3. The smallest absolute Gasteiger partial charge is 0.338 e. The number of esters is 1. The van der Waals surface area contributed by atoms with E-state index in [0.29, 0.717) is 24.6 Å². The van der Waals surface area contributed by atoms with Crippen molar-refractivity contribution in [3.05, 3.63) is 42.2 Å². The molecular formula is C17H22N4O3. The Kier molecular flexibility index (Phi) is 6.97. The Morgan fingerprint density at radius 1 is 1.17 bits per heavy atom. The van der Waals surface area contributed by atoms with Gasteiger partial charge in [0.05, 0.1) is 12.2 Å². The van der Waals surface area contributed by atoms with Gasteiger partial charge in [0.1, 0.15) is 18.0 Å². The number of nitrogens with one attached hydrogen (secondary N) is 2. The van der Waals surface area contributed by atoms with Gasteiger partial charge in [0.25, 0.3) is 0 Å². The monoisotopic (exact) mass is 330 g/mol. The predicted molar refractivity (Wildman–Crippen MR) is 92.7 cm³/mol. The molecule has 1 heterocycles. The van der Waals surface area contributed by atoms with Crippen molar-refractivity contribution >= 4 is 23.3 Å². The summed E-state index contributed by atoms with van der Waals surface area (Å²) in [7, 11) is 1.68. The Morgan fingerprint density at radius 3 is 2.62 bits per heavy atom. The predicted octanol–water partition coefficient (Wildman–Crippen LogP) is 2.85. The van der Waals surface area contributed by atoms with Crippen molar-refractivity contribution in [3.63, 3.8) is 0 Å². The molecule has 0 aliphatic rings. The fourth-order valence-corrected chi connectivity index (χ4v) is 2.01. The van der Waals surface area contributed by atoms with E-state index >= 15 is 0 Å². The lowest BCUT2D eigenvalue weighted by molar-refractivity contribution is 0.0526. The van der Waals surface area contributed by atoms with E-state index < -0.39 is 0 Å². The van der Waals surface area contributed by atoms with Crippen LogP contribution in [0.3, 0.4) is 0 Å². The van der Waals surface area contributed by atoms with Gasteiger partial charge >= 0.3 is 5.97 Å². The molecule has 2 N–H and O–H groups in total. The van der Waals surface area contributed by atoms with Crippen LogP contribution in [0.5, 0.6) is 0 Å². The van der Waals surface area contributed by atoms with Crippen LogP contribution >= 0.6 is 0 Å². The first-order chi connectivity index (χ1) is 11.7. The van der Waals surface area contributed by atoms with Gasteiger partial charge in [-0.1, -0.05) is 0 Å². The number of aromatic nitrogens is 2. The van der Waals surface area contributed by atoms with Crippen molar-refractivity contribution in [1.29, 1.82) is 0 Å². The summed E-state index contributed by atoms with van der Waals surface area (Å²) in [5.74, 6) is 1.09. The molecule has 0 fully saturated rings. The molecule has 7 nitrogen and oxygen atoms in total. The normalized spacial score (nSPS) is 10.2. The molecule has 1 aromatic heterocycles. The molecule has 0 radical (unpaired) electrons. The van der Waals surface area contributed by atoms with E-state index in [0.717, 1.165) is 24.5 Å². The van der Waals surface area contributed by atoms with E-state index in [1.165, 1.54) is 6.33 Å². The summed E-state index contributed by atoms with van der Waals surface area (Å²) in [5, 5.41) is 6.39. The summed E-state index contributed by atoms with van der Waals surface area (Å²) < 4.78 is 9.97. The third kappa shape index (κ3) is 5.51. The number of ether oxygens (including phenoxy) is 2. The van der Waals surface area contributed by atoms with E-state index in [9.17, 15) is 4.79 Å². The van der Waals surface area contributed by atoms with Crippen LogP contribution in [-0.2, 0) is 9.47 Å². The van der Waals surface area contributed by atoms with E-state index in [1.54, 1.807) is 38.3 Å². The topological polar surface area (TPSA) is 85.4 Å². The van der Waals surface area contributed by atoms with Crippen LogP contribution in [0, 0.1) is 0 Å². The SMILES string of the molecule is CCOC(=O)c1ccc(Nc2cc(NCCCOC)ncn2)cc1. The van der Waals surface area contributed by atoms with Gasteiger partial charge in [0, 0.05) is 32.0 Å². The highest BCUT2D eigenvalue weighted by Crippen LogP contribution is 2.17. The van der Waals surface area contributed by atoms with Crippen molar-refractivity contribution in [1.82, 2.24) is 9.97 Å². The second-order valence-corrected chi connectivity index (χ2v) is 4.98. The molecule has 0 atom stereocenters. The minimum absolute atomic E-state index is 0.325. The Balaban J connectivity index is 1.94. The second-order valence-electron chi connectivity index (χ2n) is 4.98. The third-order valence-electron chi connectivity index (χ3n) is 3.17. The largest absolute Gasteiger partial charge is 0.462 e. The number of rotatable bonds is 9. The zero-order valence-electron chi connectivity index (χ0n) is 13.9. The van der Waals surface area contributed by atoms with Crippen molar-refractivity contribution in [2.45, 2.75) is 13.3 Å². The summed E-state index contributed by atoms with van der Waals surface area (Å²) in [6.45, 7) is 3.62. The number of hydrogen-bond donors (Lipinski definition) is 2. The van der Waals surface area contributed by atoms with Crippen LogP contribution < -0.4 is 10.6 Å². The maximum absolute atomic E-state index is 11.6. The van der Waals surface area contributed by atoms with Crippen LogP contribution in [0.15, 0.2) is 36.7 Å². The Hall–Kier alpha value is -2.67. The number of hydrogen-bond acceptors (Lipinski definition) is 7. The minimum atomic E-state index is -0.325. The van der Waals surface area contributed by atoms with Gasteiger partial charge in [-0.2, -0.15) is 0 Å². The molecule has 0 aliphatic carbocycles. The van der Waals surface area contributed by atoms with Crippen LogP contribution in [0.4, 0.5) is 17.3 Å². The van der Waals surface area contributed by atoms with Gasteiger partial charge in [0.2, 0.25) is 0 Å². The van der Waals surface area contributed by atoms with Gasteiger partial charge in [-0.3, -0.25) is 0 Å². The first-order valence-electron chi connectivity index (χ1n) is 7.82. The summed E-state index contributed by atoms with van der Waals surface area (Å²) in [5.41, 5.74) is 1.35. The minimum Gasteiger partial charge on any atom is -0.462 e. The molecule has 1 aromatic carbocycles. The van der Waals surface area contributed by atoms with E-state index in [-0.39, 0.29) is 5.97 Å².